The van der Waals surface area contributed by atoms with E-state index in [1.54, 1.807) is 14.2 Å². The minimum Gasteiger partial charge on any atom is -0.497 e. The van der Waals surface area contributed by atoms with Crippen LogP contribution in [0, 0.1) is 0 Å². The summed E-state index contributed by atoms with van der Waals surface area (Å²) in [6.07, 6.45) is 2.06. The molecule has 0 saturated heterocycles. The van der Waals surface area contributed by atoms with Gasteiger partial charge in [-0.1, -0.05) is 0 Å². The summed E-state index contributed by atoms with van der Waals surface area (Å²) < 4.78 is 15.4. The van der Waals surface area contributed by atoms with Crippen molar-refractivity contribution in [3.63, 3.8) is 0 Å². The summed E-state index contributed by atoms with van der Waals surface area (Å²) in [4.78, 5) is 0. The summed E-state index contributed by atoms with van der Waals surface area (Å²) in [5.74, 6) is 0.773. The molecule has 5 nitrogen and oxygen atoms in total. The first kappa shape index (κ1) is 15.6. The molecule has 0 bridgehead atoms. The van der Waals surface area contributed by atoms with Crippen molar-refractivity contribution in [3.05, 3.63) is 18.2 Å². The van der Waals surface area contributed by atoms with Gasteiger partial charge in [0.05, 0.1) is 31.7 Å². The second kappa shape index (κ2) is 9.47. The van der Waals surface area contributed by atoms with Crippen LogP contribution in [0.15, 0.2) is 18.2 Å². The first-order valence-corrected chi connectivity index (χ1v) is 6.52. The van der Waals surface area contributed by atoms with Gasteiger partial charge in [-0.25, -0.2) is 0 Å². The molecule has 0 unspecified atom stereocenters. The second-order valence-electron chi connectivity index (χ2n) is 4.19. The molecule has 0 heterocycles. The Labute approximate surface area is 115 Å². The maximum absolute atomic E-state index is 5.91. The smallest absolute Gasteiger partial charge is 0.121 e. The third-order valence-corrected chi connectivity index (χ3v) is 2.72. The molecule has 0 fully saturated rings. The molecule has 5 heteroatoms. The van der Waals surface area contributed by atoms with E-state index in [1.165, 1.54) is 0 Å². The molecule has 0 aliphatic heterocycles. The van der Waals surface area contributed by atoms with Gasteiger partial charge in [0.15, 0.2) is 0 Å². The van der Waals surface area contributed by atoms with Crippen LogP contribution in [0.4, 0.5) is 11.4 Å². The number of unbranched alkanes of at least 4 members (excludes halogenated alkanes) is 1. The van der Waals surface area contributed by atoms with Gasteiger partial charge in [-0.05, 0) is 25.0 Å². The van der Waals surface area contributed by atoms with E-state index >= 15 is 0 Å². The molecule has 108 valence electrons. The van der Waals surface area contributed by atoms with Gasteiger partial charge in [0, 0.05) is 26.3 Å². The van der Waals surface area contributed by atoms with Crippen LogP contribution in [0.25, 0.3) is 0 Å². The van der Waals surface area contributed by atoms with Crippen molar-refractivity contribution in [2.75, 3.05) is 51.6 Å². The molecule has 3 N–H and O–H groups in total. The number of hydrogen-bond donors (Lipinski definition) is 2. The Morgan fingerprint density at radius 1 is 1.11 bits per heavy atom. The second-order valence-corrected chi connectivity index (χ2v) is 4.19. The monoisotopic (exact) mass is 268 g/mol. The fraction of sp³-hybridized carbons (Fsp3) is 0.571. The molecule has 0 aliphatic rings. The van der Waals surface area contributed by atoms with Crippen LogP contribution in [0.2, 0.25) is 0 Å². The lowest BCUT2D eigenvalue weighted by Gasteiger charge is -2.10. The highest BCUT2D eigenvalue weighted by atomic mass is 16.5. The molecule has 0 amide bonds. The molecule has 0 spiro atoms. The zero-order valence-corrected chi connectivity index (χ0v) is 11.8. The number of hydrogen-bond acceptors (Lipinski definition) is 5. The summed E-state index contributed by atoms with van der Waals surface area (Å²) in [5.41, 5.74) is 7.56. The minimum atomic E-state index is 0.653. The van der Waals surface area contributed by atoms with E-state index in [9.17, 15) is 0 Å². The van der Waals surface area contributed by atoms with Crippen LogP contribution in [0.1, 0.15) is 12.8 Å². The molecule has 0 aliphatic carbocycles. The fourth-order valence-electron chi connectivity index (χ4n) is 1.63. The number of rotatable bonds is 10. The molecule has 1 aromatic carbocycles. The Balaban J connectivity index is 2.12. The lowest BCUT2D eigenvalue weighted by molar-refractivity contribution is 0.0691. The van der Waals surface area contributed by atoms with Gasteiger partial charge in [-0.2, -0.15) is 0 Å². The van der Waals surface area contributed by atoms with Crippen LogP contribution in [0.3, 0.4) is 0 Å². The lowest BCUT2D eigenvalue weighted by atomic mass is 10.2. The van der Waals surface area contributed by atoms with E-state index < -0.39 is 0 Å². The predicted molar refractivity (Wildman–Crippen MR) is 77.8 cm³/mol. The fourth-order valence-corrected chi connectivity index (χ4v) is 1.63. The van der Waals surface area contributed by atoms with Gasteiger partial charge in [-0.15, -0.1) is 0 Å². The summed E-state index contributed by atoms with van der Waals surface area (Å²) in [5, 5.41) is 3.31. The van der Waals surface area contributed by atoms with E-state index in [0.717, 1.165) is 37.4 Å². The summed E-state index contributed by atoms with van der Waals surface area (Å²) in [7, 11) is 3.30. The highest BCUT2D eigenvalue weighted by molar-refractivity contribution is 5.68. The molecule has 0 saturated carbocycles. The molecular weight excluding hydrogens is 244 g/mol. The van der Waals surface area contributed by atoms with E-state index in [0.29, 0.717) is 18.9 Å². The van der Waals surface area contributed by atoms with E-state index in [1.807, 2.05) is 18.2 Å². The van der Waals surface area contributed by atoms with Crippen molar-refractivity contribution in [2.24, 2.45) is 0 Å². The number of nitrogen functional groups attached to an aromatic ring is 1. The van der Waals surface area contributed by atoms with Gasteiger partial charge < -0.3 is 25.3 Å². The van der Waals surface area contributed by atoms with Crippen molar-refractivity contribution in [1.82, 2.24) is 0 Å². The molecule has 0 radical (unpaired) electrons. The zero-order chi connectivity index (χ0) is 13.9. The number of ether oxygens (including phenoxy) is 3. The Hall–Kier alpha value is -1.46. The predicted octanol–water partition coefficient (Wildman–Crippen LogP) is 2.13. The highest BCUT2D eigenvalue weighted by Crippen LogP contribution is 2.23. The summed E-state index contributed by atoms with van der Waals surface area (Å²) >= 11 is 0. The third-order valence-electron chi connectivity index (χ3n) is 2.72. The molecule has 0 aromatic heterocycles. The molecule has 19 heavy (non-hydrogen) atoms. The van der Waals surface area contributed by atoms with E-state index in [2.05, 4.69) is 5.32 Å². The first-order chi connectivity index (χ1) is 9.27. The summed E-state index contributed by atoms with van der Waals surface area (Å²) in [6, 6.07) is 5.64. The third kappa shape index (κ3) is 6.31. The average Bonchev–Trinajstić information content (AvgIpc) is 2.43. The maximum Gasteiger partial charge on any atom is 0.121 e. The van der Waals surface area contributed by atoms with Crippen LogP contribution < -0.4 is 15.8 Å². The topological polar surface area (TPSA) is 65.7 Å². The SMILES string of the molecule is COCCOCCCCNc1ccc(OC)cc1N. The standard InChI is InChI=1S/C14H24N2O3/c1-17-9-10-19-8-4-3-7-16-14-6-5-12(18-2)11-13(14)15/h5-6,11,16H,3-4,7-10,15H2,1-2H3. The molecule has 0 atom stereocenters. The van der Waals surface area contributed by atoms with Crippen LogP contribution >= 0.6 is 0 Å². The molecular formula is C14H24N2O3. The van der Waals surface area contributed by atoms with Gasteiger partial charge >= 0.3 is 0 Å². The van der Waals surface area contributed by atoms with Crippen molar-refractivity contribution >= 4 is 11.4 Å². The largest absolute Gasteiger partial charge is 0.497 e. The Bertz CT molecular complexity index is 359. The quantitative estimate of drug-likeness (QED) is 0.502. The van der Waals surface area contributed by atoms with Crippen molar-refractivity contribution in [2.45, 2.75) is 12.8 Å². The van der Waals surface area contributed by atoms with Crippen molar-refractivity contribution in [3.8, 4) is 5.75 Å². The number of benzene rings is 1. The maximum atomic E-state index is 5.91. The molecule has 1 aromatic rings. The highest BCUT2D eigenvalue weighted by Gasteiger charge is 2.00. The van der Waals surface area contributed by atoms with Crippen LogP contribution in [0.5, 0.6) is 5.75 Å². The van der Waals surface area contributed by atoms with E-state index in [-0.39, 0.29) is 0 Å². The number of anilines is 2. The number of nitrogens with two attached hydrogens (primary N) is 1. The van der Waals surface area contributed by atoms with Gasteiger partial charge in [0.2, 0.25) is 0 Å². The van der Waals surface area contributed by atoms with Crippen molar-refractivity contribution < 1.29 is 14.2 Å². The van der Waals surface area contributed by atoms with E-state index in [4.69, 9.17) is 19.9 Å². The minimum absolute atomic E-state index is 0.653. The molecule has 1 rings (SSSR count). The van der Waals surface area contributed by atoms with Gasteiger partial charge in [0.1, 0.15) is 5.75 Å². The van der Waals surface area contributed by atoms with Gasteiger partial charge in [0.25, 0.3) is 0 Å². The summed E-state index contributed by atoms with van der Waals surface area (Å²) in [6.45, 7) is 2.96. The van der Waals surface area contributed by atoms with Crippen LogP contribution in [-0.2, 0) is 9.47 Å². The van der Waals surface area contributed by atoms with Crippen molar-refractivity contribution in [1.29, 1.82) is 0 Å². The number of methoxy groups -OCH3 is 2. The normalized spacial score (nSPS) is 10.4. The Morgan fingerprint density at radius 2 is 1.95 bits per heavy atom. The van der Waals surface area contributed by atoms with Gasteiger partial charge in [-0.3, -0.25) is 0 Å². The Morgan fingerprint density at radius 3 is 2.63 bits per heavy atom. The van der Waals surface area contributed by atoms with Crippen LogP contribution in [-0.4, -0.2) is 40.6 Å². The number of nitrogens with one attached hydrogen (secondary N) is 1. The lowest BCUT2D eigenvalue weighted by Crippen LogP contribution is -2.07. The Kier molecular flexibility index (Phi) is 7.77. The average molecular weight is 268 g/mol. The zero-order valence-electron chi connectivity index (χ0n) is 11.8. The first-order valence-electron chi connectivity index (χ1n) is 6.52.